The van der Waals surface area contributed by atoms with Crippen molar-refractivity contribution in [2.75, 3.05) is 6.61 Å². The topological polar surface area (TPSA) is 72.8 Å². The number of aliphatic hydroxyl groups excluding tert-OH is 1. The molecule has 5 heteroatoms. The SMILES string of the molecule is C#COC(=O)/C(=C/O)C(=O)OCC. The van der Waals surface area contributed by atoms with Crippen molar-refractivity contribution in [1.82, 2.24) is 0 Å². The molecule has 1 N–H and O–H groups in total. The van der Waals surface area contributed by atoms with Crippen LogP contribution in [0.15, 0.2) is 11.8 Å². The summed E-state index contributed by atoms with van der Waals surface area (Å²) in [7, 11) is 0. The maximum Gasteiger partial charge on any atom is 0.362 e. The van der Waals surface area contributed by atoms with E-state index >= 15 is 0 Å². The van der Waals surface area contributed by atoms with E-state index in [9.17, 15) is 9.59 Å². The smallest absolute Gasteiger partial charge is 0.362 e. The van der Waals surface area contributed by atoms with Crippen molar-refractivity contribution in [3.8, 4) is 12.5 Å². The fourth-order valence-electron chi connectivity index (χ4n) is 0.506. The Morgan fingerprint density at radius 1 is 1.54 bits per heavy atom. The van der Waals surface area contributed by atoms with Crippen LogP contribution < -0.4 is 0 Å². The summed E-state index contributed by atoms with van der Waals surface area (Å²) < 4.78 is 8.45. The maximum absolute atomic E-state index is 10.9. The number of carbonyl (C=O) groups excluding carboxylic acids is 2. The molecule has 0 aliphatic heterocycles. The molecule has 0 bridgehead atoms. The van der Waals surface area contributed by atoms with Crippen LogP contribution in [-0.2, 0) is 19.1 Å². The van der Waals surface area contributed by atoms with Gasteiger partial charge < -0.3 is 14.6 Å². The quantitative estimate of drug-likeness (QED) is 0.168. The van der Waals surface area contributed by atoms with Crippen LogP contribution >= 0.6 is 0 Å². The van der Waals surface area contributed by atoms with Gasteiger partial charge in [0, 0.05) is 0 Å². The van der Waals surface area contributed by atoms with E-state index < -0.39 is 17.5 Å². The molecule has 0 saturated heterocycles. The Bertz CT molecular complexity index is 271. The number of hydrogen-bond acceptors (Lipinski definition) is 5. The lowest BCUT2D eigenvalue weighted by Crippen LogP contribution is -2.16. The zero-order valence-electron chi connectivity index (χ0n) is 6.94. The van der Waals surface area contributed by atoms with Crippen molar-refractivity contribution >= 4 is 11.9 Å². The first-order chi connectivity index (χ1) is 6.17. The van der Waals surface area contributed by atoms with Crippen LogP contribution in [0.2, 0.25) is 0 Å². The monoisotopic (exact) mass is 184 g/mol. The zero-order valence-corrected chi connectivity index (χ0v) is 6.94. The van der Waals surface area contributed by atoms with Gasteiger partial charge in [-0.1, -0.05) is 6.42 Å². The van der Waals surface area contributed by atoms with Crippen LogP contribution in [0.3, 0.4) is 0 Å². The Morgan fingerprint density at radius 3 is 2.54 bits per heavy atom. The Labute approximate surface area is 74.9 Å². The van der Waals surface area contributed by atoms with Crippen molar-refractivity contribution in [2.24, 2.45) is 0 Å². The van der Waals surface area contributed by atoms with E-state index in [2.05, 4.69) is 15.9 Å². The highest BCUT2D eigenvalue weighted by Crippen LogP contribution is 1.99. The molecule has 5 nitrogen and oxygen atoms in total. The van der Waals surface area contributed by atoms with Gasteiger partial charge in [-0.15, -0.1) is 0 Å². The van der Waals surface area contributed by atoms with Crippen molar-refractivity contribution < 1.29 is 24.2 Å². The van der Waals surface area contributed by atoms with Gasteiger partial charge in [0.1, 0.15) is 12.4 Å². The number of aliphatic hydroxyl groups is 1. The number of esters is 2. The molecule has 0 aromatic carbocycles. The van der Waals surface area contributed by atoms with E-state index in [4.69, 9.17) is 5.11 Å². The van der Waals surface area contributed by atoms with Crippen LogP contribution in [0.5, 0.6) is 0 Å². The number of terminal acetylenes is 1. The average molecular weight is 184 g/mol. The normalized spacial score (nSPS) is 10.0. The van der Waals surface area contributed by atoms with Gasteiger partial charge in [0.25, 0.3) is 0 Å². The number of rotatable bonds is 3. The van der Waals surface area contributed by atoms with Gasteiger partial charge in [-0.25, -0.2) is 9.59 Å². The third-order valence-electron chi connectivity index (χ3n) is 0.996. The van der Waals surface area contributed by atoms with Crippen molar-refractivity contribution in [3.05, 3.63) is 11.8 Å². The highest BCUT2D eigenvalue weighted by Gasteiger charge is 2.21. The molecule has 70 valence electrons. The number of carbonyl (C=O) groups is 2. The molecule has 0 amide bonds. The third kappa shape index (κ3) is 3.29. The van der Waals surface area contributed by atoms with Crippen LogP contribution in [0, 0.1) is 12.5 Å². The molecule has 0 unspecified atom stereocenters. The summed E-state index contributed by atoms with van der Waals surface area (Å²) in [6, 6.07) is 0. The predicted molar refractivity (Wildman–Crippen MR) is 42.3 cm³/mol. The molecule has 0 heterocycles. The summed E-state index contributed by atoms with van der Waals surface area (Å²) in [5.41, 5.74) is -0.639. The highest BCUT2D eigenvalue weighted by molar-refractivity contribution is 6.14. The van der Waals surface area contributed by atoms with Crippen LogP contribution in [0.1, 0.15) is 6.92 Å². The minimum Gasteiger partial charge on any atom is -0.514 e. The summed E-state index contributed by atoms with van der Waals surface area (Å²) in [6.45, 7) is 1.64. The maximum atomic E-state index is 10.9. The van der Waals surface area contributed by atoms with Gasteiger partial charge in [0.15, 0.2) is 5.57 Å². The summed E-state index contributed by atoms with van der Waals surface area (Å²) in [4.78, 5) is 21.7. The Morgan fingerprint density at radius 2 is 2.15 bits per heavy atom. The lowest BCUT2D eigenvalue weighted by atomic mass is 10.3. The largest absolute Gasteiger partial charge is 0.514 e. The highest BCUT2D eigenvalue weighted by atomic mass is 16.5. The lowest BCUT2D eigenvalue weighted by molar-refractivity contribution is -0.144. The standard InChI is InChI=1S/C8H8O5/c1-3-12-7(10)6(5-9)8(11)13-4-2/h1,5,9H,4H2,2H3/b6-5-. The summed E-state index contributed by atoms with van der Waals surface area (Å²) in [5.74, 6) is -2.10. The van der Waals surface area contributed by atoms with E-state index in [0.717, 1.165) is 0 Å². The van der Waals surface area contributed by atoms with E-state index in [0.29, 0.717) is 0 Å². The molecule has 0 aliphatic carbocycles. The van der Waals surface area contributed by atoms with Gasteiger partial charge >= 0.3 is 11.9 Å². The molecular weight excluding hydrogens is 176 g/mol. The second-order valence-electron chi connectivity index (χ2n) is 1.77. The van der Waals surface area contributed by atoms with E-state index in [1.807, 2.05) is 0 Å². The number of hydrogen-bond donors (Lipinski definition) is 1. The first-order valence-corrected chi connectivity index (χ1v) is 3.35. The number of ether oxygens (including phenoxy) is 2. The van der Waals surface area contributed by atoms with Crippen LogP contribution in [0.25, 0.3) is 0 Å². The molecule has 0 radical (unpaired) electrons. The average Bonchev–Trinajstić information content (AvgIpc) is 2.06. The summed E-state index contributed by atoms with van der Waals surface area (Å²) in [6.07, 6.45) is 6.50. The first kappa shape index (κ1) is 11.0. The minimum absolute atomic E-state index is 0.0828. The van der Waals surface area contributed by atoms with Gasteiger partial charge in [0.05, 0.1) is 6.61 Å². The van der Waals surface area contributed by atoms with E-state index in [1.165, 1.54) is 0 Å². The molecule has 13 heavy (non-hydrogen) atoms. The van der Waals surface area contributed by atoms with Gasteiger partial charge in [0.2, 0.25) is 0 Å². The fourth-order valence-corrected chi connectivity index (χ4v) is 0.506. The van der Waals surface area contributed by atoms with E-state index in [1.54, 1.807) is 13.0 Å². The van der Waals surface area contributed by atoms with Gasteiger partial charge in [-0.05, 0) is 6.92 Å². The van der Waals surface area contributed by atoms with Crippen molar-refractivity contribution in [2.45, 2.75) is 6.92 Å². The minimum atomic E-state index is -1.12. The molecule has 0 aromatic rings. The predicted octanol–water partition coefficient (Wildman–Crippen LogP) is 0.125. The van der Waals surface area contributed by atoms with Crippen LogP contribution in [0.4, 0.5) is 0 Å². The second kappa shape index (κ2) is 5.66. The fraction of sp³-hybridized carbons (Fsp3) is 0.250. The van der Waals surface area contributed by atoms with Gasteiger partial charge in [-0.3, -0.25) is 0 Å². The zero-order chi connectivity index (χ0) is 10.3. The summed E-state index contributed by atoms with van der Waals surface area (Å²) in [5, 5.41) is 8.49. The lowest BCUT2D eigenvalue weighted by Gasteiger charge is -2.01. The van der Waals surface area contributed by atoms with Gasteiger partial charge in [-0.2, -0.15) is 0 Å². The molecular formula is C8H8O5. The molecule has 0 atom stereocenters. The Balaban J connectivity index is 4.46. The Kier molecular flexibility index (Phi) is 4.81. The second-order valence-corrected chi connectivity index (χ2v) is 1.77. The molecule has 0 fully saturated rings. The summed E-state index contributed by atoms with van der Waals surface area (Å²) >= 11 is 0. The van der Waals surface area contributed by atoms with Crippen LogP contribution in [-0.4, -0.2) is 23.7 Å². The third-order valence-corrected chi connectivity index (χ3v) is 0.996. The Hall–Kier alpha value is -1.96. The van der Waals surface area contributed by atoms with E-state index in [-0.39, 0.29) is 12.9 Å². The molecule has 0 spiro atoms. The molecule has 0 saturated carbocycles. The first-order valence-electron chi connectivity index (χ1n) is 3.35. The molecule has 0 rings (SSSR count). The molecule has 0 aliphatic rings. The molecule has 0 aromatic heterocycles. The van der Waals surface area contributed by atoms with Crippen molar-refractivity contribution in [3.63, 3.8) is 0 Å². The van der Waals surface area contributed by atoms with Crippen molar-refractivity contribution in [1.29, 1.82) is 0 Å².